The third-order valence-corrected chi connectivity index (χ3v) is 3.52. The van der Waals surface area contributed by atoms with Gasteiger partial charge in [0, 0.05) is 24.3 Å². The van der Waals surface area contributed by atoms with Gasteiger partial charge in [-0.2, -0.15) is 0 Å². The Balaban J connectivity index is 0.000000829. The van der Waals surface area contributed by atoms with E-state index >= 15 is 0 Å². The van der Waals surface area contributed by atoms with Gasteiger partial charge in [-0.3, -0.25) is 0 Å². The first-order valence-corrected chi connectivity index (χ1v) is 7.88. The molecule has 0 radical (unpaired) electrons. The van der Waals surface area contributed by atoms with Crippen LogP contribution in [0.5, 0.6) is 0 Å². The standard InChI is InChI=1S/C13H22N3.2C2H6/c1-16(2,3)13-8-9-15(10-13)12-6-4-11(14)5-7-12;2*1-2/h4-7,13H,8-10,14H2,1-3H3;2*1-2H3/q+1;;. The molecule has 1 heterocycles. The first kappa shape index (κ1) is 18.8. The predicted octanol–water partition coefficient (Wildman–Crippen LogP) is 3.61. The van der Waals surface area contributed by atoms with Crippen LogP contribution in [-0.4, -0.2) is 44.8 Å². The van der Waals surface area contributed by atoms with Crippen LogP contribution >= 0.6 is 0 Å². The van der Waals surface area contributed by atoms with Gasteiger partial charge in [0.1, 0.15) is 6.04 Å². The lowest BCUT2D eigenvalue weighted by Gasteiger charge is -2.31. The number of benzene rings is 1. The summed E-state index contributed by atoms with van der Waals surface area (Å²) >= 11 is 0. The van der Waals surface area contributed by atoms with Gasteiger partial charge in [0.15, 0.2) is 0 Å². The molecule has 2 N–H and O–H groups in total. The molecule has 3 nitrogen and oxygen atoms in total. The number of quaternary nitrogens is 1. The van der Waals surface area contributed by atoms with Gasteiger partial charge >= 0.3 is 0 Å². The maximum absolute atomic E-state index is 5.70. The van der Waals surface area contributed by atoms with E-state index in [1.54, 1.807) is 0 Å². The van der Waals surface area contributed by atoms with Crippen LogP contribution in [-0.2, 0) is 0 Å². The third kappa shape index (κ3) is 5.41. The predicted molar refractivity (Wildman–Crippen MR) is 92.2 cm³/mol. The summed E-state index contributed by atoms with van der Waals surface area (Å²) in [6.45, 7) is 10.3. The number of nitrogens with two attached hydrogens (primary N) is 1. The molecule has 3 heteroatoms. The highest BCUT2D eigenvalue weighted by Gasteiger charge is 2.32. The third-order valence-electron chi connectivity index (χ3n) is 3.52. The molecule has 116 valence electrons. The Morgan fingerprint density at radius 1 is 1.00 bits per heavy atom. The van der Waals surface area contributed by atoms with Gasteiger partial charge < -0.3 is 15.1 Å². The smallest absolute Gasteiger partial charge is 0.108 e. The highest BCUT2D eigenvalue weighted by Crippen LogP contribution is 2.24. The zero-order chi connectivity index (χ0) is 15.8. The molecule has 1 fully saturated rings. The van der Waals surface area contributed by atoms with Crippen molar-refractivity contribution in [3.05, 3.63) is 24.3 Å². The molecular formula is C17H34N3+. The van der Waals surface area contributed by atoms with Gasteiger partial charge in [0.05, 0.1) is 27.7 Å². The maximum atomic E-state index is 5.70. The minimum absolute atomic E-state index is 0.734. The van der Waals surface area contributed by atoms with Crippen LogP contribution in [0.2, 0.25) is 0 Å². The second-order valence-electron chi connectivity index (χ2n) is 5.60. The molecular weight excluding hydrogens is 246 g/mol. The van der Waals surface area contributed by atoms with Crippen molar-refractivity contribution in [1.29, 1.82) is 0 Å². The molecule has 0 amide bonds. The van der Waals surface area contributed by atoms with E-state index in [4.69, 9.17) is 5.73 Å². The lowest BCUT2D eigenvalue weighted by atomic mass is 10.2. The lowest BCUT2D eigenvalue weighted by molar-refractivity contribution is -0.893. The summed E-state index contributed by atoms with van der Waals surface area (Å²) in [5.74, 6) is 0. The van der Waals surface area contributed by atoms with Crippen LogP contribution in [0.3, 0.4) is 0 Å². The Kier molecular flexibility index (Phi) is 8.31. The molecule has 0 spiro atoms. The van der Waals surface area contributed by atoms with Crippen molar-refractivity contribution in [3.8, 4) is 0 Å². The Morgan fingerprint density at radius 3 is 1.90 bits per heavy atom. The van der Waals surface area contributed by atoms with Crippen LogP contribution in [0.4, 0.5) is 11.4 Å². The molecule has 1 aliphatic rings. The molecule has 0 bridgehead atoms. The maximum Gasteiger partial charge on any atom is 0.108 e. The topological polar surface area (TPSA) is 29.3 Å². The summed E-state index contributed by atoms with van der Waals surface area (Å²) in [4.78, 5) is 2.45. The molecule has 0 aliphatic carbocycles. The van der Waals surface area contributed by atoms with Crippen molar-refractivity contribution >= 4 is 11.4 Å². The zero-order valence-electron chi connectivity index (χ0n) is 14.5. The van der Waals surface area contributed by atoms with E-state index in [2.05, 4.69) is 38.2 Å². The van der Waals surface area contributed by atoms with Gasteiger partial charge in [-0.25, -0.2) is 0 Å². The molecule has 20 heavy (non-hydrogen) atoms. The SMILES string of the molecule is CC.CC.C[N+](C)(C)C1CCN(c2ccc(N)cc2)C1. The minimum Gasteiger partial charge on any atom is -0.399 e. The molecule has 1 saturated heterocycles. The van der Waals surface area contributed by atoms with E-state index in [0.29, 0.717) is 0 Å². The quantitative estimate of drug-likeness (QED) is 0.662. The summed E-state index contributed by atoms with van der Waals surface area (Å²) in [6, 6.07) is 8.93. The fourth-order valence-electron chi connectivity index (χ4n) is 2.29. The van der Waals surface area contributed by atoms with Crippen molar-refractivity contribution < 1.29 is 4.48 Å². The van der Waals surface area contributed by atoms with Crippen molar-refractivity contribution in [1.82, 2.24) is 0 Å². The number of anilines is 2. The average molecular weight is 280 g/mol. The van der Waals surface area contributed by atoms with E-state index < -0.39 is 0 Å². The van der Waals surface area contributed by atoms with Gasteiger partial charge in [0.2, 0.25) is 0 Å². The fourth-order valence-corrected chi connectivity index (χ4v) is 2.29. The van der Waals surface area contributed by atoms with Gasteiger partial charge in [-0.15, -0.1) is 0 Å². The Hall–Kier alpha value is -1.22. The van der Waals surface area contributed by atoms with Gasteiger partial charge in [0.25, 0.3) is 0 Å². The second-order valence-corrected chi connectivity index (χ2v) is 5.60. The number of rotatable bonds is 2. The summed E-state index contributed by atoms with van der Waals surface area (Å²) in [5, 5.41) is 0. The zero-order valence-corrected chi connectivity index (χ0v) is 14.5. The van der Waals surface area contributed by atoms with Crippen LogP contribution < -0.4 is 10.6 Å². The lowest BCUT2D eigenvalue weighted by Crippen LogP contribution is -2.46. The first-order chi connectivity index (χ1) is 9.47. The number of nitrogen functional groups attached to an aromatic ring is 1. The van der Waals surface area contributed by atoms with E-state index in [9.17, 15) is 0 Å². The van der Waals surface area contributed by atoms with Crippen molar-refractivity contribution in [2.24, 2.45) is 0 Å². The summed E-state index contributed by atoms with van der Waals surface area (Å²) in [7, 11) is 6.82. The minimum atomic E-state index is 0.734. The van der Waals surface area contributed by atoms with Gasteiger partial charge in [-0.05, 0) is 24.3 Å². The average Bonchev–Trinajstić information content (AvgIpc) is 2.94. The number of hydrogen-bond acceptors (Lipinski definition) is 2. The van der Waals surface area contributed by atoms with E-state index in [-0.39, 0.29) is 0 Å². The van der Waals surface area contributed by atoms with Crippen molar-refractivity contribution in [2.45, 2.75) is 40.2 Å². The van der Waals surface area contributed by atoms with E-state index in [1.165, 1.54) is 12.1 Å². The fraction of sp³-hybridized carbons (Fsp3) is 0.647. The highest BCUT2D eigenvalue weighted by molar-refractivity contribution is 5.53. The molecule has 2 rings (SSSR count). The molecule has 0 aromatic heterocycles. The summed E-state index contributed by atoms with van der Waals surface area (Å²) in [5.41, 5.74) is 7.84. The van der Waals surface area contributed by atoms with E-state index in [0.717, 1.165) is 29.3 Å². The largest absolute Gasteiger partial charge is 0.399 e. The number of hydrogen-bond donors (Lipinski definition) is 1. The summed E-state index contributed by atoms with van der Waals surface area (Å²) < 4.78 is 1.05. The molecule has 1 aromatic carbocycles. The van der Waals surface area contributed by atoms with Crippen LogP contribution in [0.1, 0.15) is 34.1 Å². The van der Waals surface area contributed by atoms with Crippen LogP contribution in [0, 0.1) is 0 Å². The Morgan fingerprint density at radius 2 is 1.50 bits per heavy atom. The first-order valence-electron chi connectivity index (χ1n) is 7.88. The molecule has 1 atom stereocenters. The Labute approximate surface area is 126 Å². The highest BCUT2D eigenvalue weighted by atomic mass is 15.4. The van der Waals surface area contributed by atoms with Crippen molar-refractivity contribution in [2.75, 3.05) is 44.9 Å². The molecule has 1 aliphatic heterocycles. The van der Waals surface area contributed by atoms with Crippen LogP contribution in [0.25, 0.3) is 0 Å². The van der Waals surface area contributed by atoms with Crippen LogP contribution in [0.15, 0.2) is 24.3 Å². The van der Waals surface area contributed by atoms with Crippen molar-refractivity contribution in [3.63, 3.8) is 0 Å². The monoisotopic (exact) mass is 280 g/mol. The Bertz CT molecular complexity index is 351. The molecule has 1 aromatic rings. The second kappa shape index (κ2) is 8.85. The van der Waals surface area contributed by atoms with E-state index in [1.807, 2.05) is 39.8 Å². The molecule has 0 saturated carbocycles. The van der Waals surface area contributed by atoms with Gasteiger partial charge in [-0.1, -0.05) is 27.7 Å². The number of nitrogens with zero attached hydrogens (tertiary/aromatic N) is 2. The normalized spacial score (nSPS) is 17.8. The number of likely N-dealkylation sites (N-methyl/N-ethyl adjacent to an activating group) is 1. The summed E-state index contributed by atoms with van der Waals surface area (Å²) in [6.07, 6.45) is 1.27. The molecule has 1 unspecified atom stereocenters.